The number of imide groups is 2. The van der Waals surface area contributed by atoms with Crippen LogP contribution in [0.2, 0.25) is 10.0 Å². The minimum Gasteiger partial charge on any atom is -0.503 e. The molecule has 4 amide bonds. The Morgan fingerprint density at radius 3 is 2.27 bits per heavy atom. The van der Waals surface area contributed by atoms with Crippen molar-refractivity contribution in [3.05, 3.63) is 120 Å². The number of methoxy groups -OCH3 is 1. The van der Waals surface area contributed by atoms with E-state index in [-0.39, 0.29) is 39.5 Å². The van der Waals surface area contributed by atoms with Crippen molar-refractivity contribution in [1.29, 1.82) is 0 Å². The summed E-state index contributed by atoms with van der Waals surface area (Å²) in [4.78, 5) is 63.0. The van der Waals surface area contributed by atoms with Crippen molar-refractivity contribution < 1.29 is 46.6 Å². The molecule has 3 aromatic carbocycles. The maximum Gasteiger partial charge on any atom is 0.433 e. The van der Waals surface area contributed by atoms with Crippen LogP contribution < -0.4 is 15.2 Å². The smallest absolute Gasteiger partial charge is 0.433 e. The van der Waals surface area contributed by atoms with E-state index in [4.69, 9.17) is 27.9 Å². The molecule has 19 heteroatoms. The number of rotatable bonds is 7. The number of aromatic nitrogens is 1. The van der Waals surface area contributed by atoms with E-state index in [1.54, 1.807) is 30.3 Å². The molecule has 0 radical (unpaired) electrons. The number of carbonyl (C=O) groups excluding carboxylic acids is 4. The Balaban J connectivity index is 1.32. The second-order valence-corrected chi connectivity index (χ2v) is 17.0. The lowest BCUT2D eigenvalue weighted by Gasteiger charge is -2.51. The first-order chi connectivity index (χ1) is 27.9. The number of alkyl halides is 3. The molecule has 0 spiro atoms. The number of amides is 4. The van der Waals surface area contributed by atoms with Crippen molar-refractivity contribution in [3.63, 3.8) is 0 Å². The molecule has 4 aromatic rings. The van der Waals surface area contributed by atoms with Crippen LogP contribution in [-0.4, -0.2) is 57.9 Å². The molecule has 1 aromatic heterocycles. The van der Waals surface area contributed by atoms with Gasteiger partial charge in [0.2, 0.25) is 0 Å². The predicted molar refractivity (Wildman–Crippen MR) is 214 cm³/mol. The number of aromatic hydroxyl groups is 1. The van der Waals surface area contributed by atoms with E-state index >= 15 is 4.79 Å². The summed E-state index contributed by atoms with van der Waals surface area (Å²) >= 11 is 19.7. The highest BCUT2D eigenvalue weighted by Crippen LogP contribution is 2.65. The van der Waals surface area contributed by atoms with E-state index in [2.05, 4.69) is 42.3 Å². The number of hydrazine groups is 2. The lowest BCUT2D eigenvalue weighted by Crippen LogP contribution is -2.53. The molecule has 2 aliphatic carbocycles. The number of nitrogens with zero attached hydrogens (tertiary/aromatic N) is 4. The number of allylic oxidation sites excluding steroid dienone is 2. The summed E-state index contributed by atoms with van der Waals surface area (Å²) in [6.07, 6.45) is -3.25. The molecule has 2 aliphatic heterocycles. The third kappa shape index (κ3) is 6.29. The number of halogens is 8. The Morgan fingerprint density at radius 1 is 0.949 bits per heavy atom. The number of benzene rings is 3. The molecular weight excluding hydrogens is 953 g/mol. The fourth-order valence-electron chi connectivity index (χ4n) is 9.17. The Kier molecular flexibility index (Phi) is 10.3. The fraction of sp³-hybridized carbons (Fsp3) is 0.275. The van der Waals surface area contributed by atoms with E-state index in [0.717, 1.165) is 33.2 Å². The van der Waals surface area contributed by atoms with Crippen LogP contribution in [0.25, 0.3) is 0 Å². The van der Waals surface area contributed by atoms with Gasteiger partial charge in [0.15, 0.2) is 17.3 Å². The third-order valence-corrected chi connectivity index (χ3v) is 14.4. The van der Waals surface area contributed by atoms with Gasteiger partial charge in [-0.05, 0) is 116 Å². The number of carbonyl (C=O) groups is 4. The summed E-state index contributed by atoms with van der Waals surface area (Å²) in [5.41, 5.74) is 1.30. The number of nitrogens with one attached hydrogen (secondary N) is 1. The van der Waals surface area contributed by atoms with Crippen LogP contribution in [0.4, 0.5) is 29.1 Å². The second kappa shape index (κ2) is 14.8. The number of hydrogen-bond acceptors (Lipinski definition) is 9. The topological polar surface area (TPSA) is 132 Å². The Morgan fingerprint density at radius 2 is 1.63 bits per heavy atom. The highest BCUT2D eigenvalue weighted by molar-refractivity contribution is 9.13. The van der Waals surface area contributed by atoms with Crippen molar-refractivity contribution in [1.82, 2.24) is 15.0 Å². The Bertz CT molecular complexity index is 2490. The summed E-state index contributed by atoms with van der Waals surface area (Å²) in [5, 5.41) is 13.6. The Labute approximate surface area is 360 Å². The third-order valence-electron chi connectivity index (χ3n) is 11.7. The van der Waals surface area contributed by atoms with Crippen LogP contribution in [0.1, 0.15) is 35.6 Å². The predicted octanol–water partition coefficient (Wildman–Crippen LogP) is 8.82. The van der Waals surface area contributed by atoms with Gasteiger partial charge in [-0.3, -0.25) is 29.6 Å². The van der Waals surface area contributed by atoms with Crippen molar-refractivity contribution in [2.75, 3.05) is 24.6 Å². The molecule has 3 heterocycles. The van der Waals surface area contributed by atoms with Crippen molar-refractivity contribution >= 4 is 90.2 Å². The summed E-state index contributed by atoms with van der Waals surface area (Å²) in [5.74, 6) is -9.55. The van der Waals surface area contributed by atoms with Gasteiger partial charge in [-0.1, -0.05) is 47.0 Å². The number of phenolic OH excluding ortho intramolecular Hbond substituents is 1. The lowest BCUT2D eigenvalue weighted by molar-refractivity contribution is -0.142. The van der Waals surface area contributed by atoms with E-state index in [0.29, 0.717) is 32.3 Å². The van der Waals surface area contributed by atoms with Gasteiger partial charge in [0.1, 0.15) is 11.5 Å². The maximum absolute atomic E-state index is 15.4. The molecule has 6 atom stereocenters. The van der Waals surface area contributed by atoms with Gasteiger partial charge in [0.25, 0.3) is 23.6 Å². The molecule has 0 unspecified atom stereocenters. The lowest BCUT2D eigenvalue weighted by atomic mass is 9.49. The zero-order valence-corrected chi connectivity index (χ0v) is 35.2. The molecule has 4 aliphatic rings. The number of pyridine rings is 1. The van der Waals surface area contributed by atoms with E-state index in [9.17, 15) is 37.1 Å². The molecule has 3 fully saturated rings. The number of hydrogen-bond donors (Lipinski definition) is 2. The highest BCUT2D eigenvalue weighted by atomic mass is 79.9. The molecule has 0 bridgehead atoms. The monoisotopic (exact) mass is 979 g/mol. The first kappa shape index (κ1) is 41.0. The highest BCUT2D eigenvalue weighted by Gasteiger charge is 2.71. The van der Waals surface area contributed by atoms with Crippen LogP contribution in [0.15, 0.2) is 87.3 Å². The quantitative estimate of drug-likeness (QED) is 0.106. The normalized spacial score (nSPS) is 25.1. The van der Waals surface area contributed by atoms with Gasteiger partial charge in [-0.25, -0.2) is 9.37 Å². The molecular formula is C40H29Br2Cl2F4N5O6. The summed E-state index contributed by atoms with van der Waals surface area (Å²) in [6.45, 7) is 0. The SMILES string of the molecule is COc1cc([C@H]2C3=CC[C@@H]4C(=O)N(N(C)c5nc(C(F)(F)F)ccc5Cl)C(=O)[C@@H]4[C@@H]3C[C@H]3C(=O)N(Nc4ccc(F)cc4)C(=O)[C@@]23c2ccc(Cl)cc2)c(Br)c(Br)c1O. The van der Waals surface area contributed by atoms with E-state index in [1.807, 2.05) is 0 Å². The molecule has 1 saturated carbocycles. The molecule has 2 saturated heterocycles. The van der Waals surface area contributed by atoms with Crippen molar-refractivity contribution in [2.45, 2.75) is 30.4 Å². The van der Waals surface area contributed by atoms with Crippen LogP contribution >= 0.6 is 55.1 Å². The van der Waals surface area contributed by atoms with Crippen LogP contribution in [0.5, 0.6) is 11.5 Å². The largest absolute Gasteiger partial charge is 0.503 e. The average Bonchev–Trinajstić information content (AvgIpc) is 3.58. The number of anilines is 2. The van der Waals surface area contributed by atoms with Gasteiger partial charge in [0.05, 0.1) is 45.5 Å². The number of phenols is 1. The number of ether oxygens (including phenoxy) is 1. The Hall–Kier alpha value is -4.71. The summed E-state index contributed by atoms with van der Waals surface area (Å²) < 4.78 is 61.2. The molecule has 8 rings (SSSR count). The van der Waals surface area contributed by atoms with Crippen LogP contribution in [0.3, 0.4) is 0 Å². The fourth-order valence-corrected chi connectivity index (χ4v) is 10.5. The molecule has 11 nitrogen and oxygen atoms in total. The van der Waals surface area contributed by atoms with E-state index < -0.39 is 82.1 Å². The first-order valence-electron chi connectivity index (χ1n) is 17.9. The van der Waals surface area contributed by atoms with Gasteiger partial charge in [-0.2, -0.15) is 23.2 Å². The van der Waals surface area contributed by atoms with Crippen molar-refractivity contribution in [2.24, 2.45) is 23.7 Å². The van der Waals surface area contributed by atoms with Gasteiger partial charge < -0.3 is 9.84 Å². The second-order valence-electron chi connectivity index (χ2n) is 14.5. The average molecular weight is 982 g/mol. The zero-order chi connectivity index (χ0) is 42.5. The molecule has 59 heavy (non-hydrogen) atoms. The van der Waals surface area contributed by atoms with Crippen molar-refractivity contribution in [3.8, 4) is 11.5 Å². The maximum atomic E-state index is 15.4. The summed E-state index contributed by atoms with van der Waals surface area (Å²) in [6, 6.07) is 14.6. The zero-order valence-electron chi connectivity index (χ0n) is 30.5. The summed E-state index contributed by atoms with van der Waals surface area (Å²) in [7, 11) is 2.55. The minimum atomic E-state index is -4.86. The van der Waals surface area contributed by atoms with Crippen LogP contribution in [0, 0.1) is 29.5 Å². The van der Waals surface area contributed by atoms with Gasteiger partial charge >= 0.3 is 6.18 Å². The van der Waals surface area contributed by atoms with E-state index in [1.165, 1.54) is 32.4 Å². The van der Waals surface area contributed by atoms with Gasteiger partial charge in [-0.15, -0.1) is 0 Å². The standard InChI is InChI=1S/C40H29Br2Cl2F4N5O6/c1-51(34-26(44)13-14-28(49-34)40(46,47)48)53-35(55)22-12-11-21-23(29(22)37(53)57)15-25-36(56)52(50-20-9-7-19(45)8-10-20)38(58)39(25,17-3-5-18(43)6-4-17)30(21)24-16-27(59-2)33(54)32(42)31(24)41/h3-11,13-14,16,22-23,25,29-30,50,54H,12,15H2,1-2H3/t22-,23+,25-,29-,30+,39+/m0/s1. The van der Waals surface area contributed by atoms with Gasteiger partial charge in [0, 0.05) is 22.5 Å². The van der Waals surface area contributed by atoms with Crippen LogP contribution in [-0.2, 0) is 30.8 Å². The molecule has 306 valence electrons. The number of fused-ring (bicyclic) bond motifs is 4. The molecule has 2 N–H and O–H groups in total. The minimum absolute atomic E-state index is 0.0118. The first-order valence-corrected chi connectivity index (χ1v) is 20.2.